The topological polar surface area (TPSA) is 95.5 Å². The second-order valence-electron chi connectivity index (χ2n) is 5.46. The van der Waals surface area contributed by atoms with Crippen LogP contribution in [-0.4, -0.2) is 29.4 Å². The van der Waals surface area contributed by atoms with Gasteiger partial charge in [-0.25, -0.2) is 4.79 Å². The van der Waals surface area contributed by atoms with Gasteiger partial charge in [0.2, 0.25) is 11.8 Å². The molecule has 0 unspecified atom stereocenters. The molecule has 0 aliphatic carbocycles. The molecule has 0 saturated heterocycles. The summed E-state index contributed by atoms with van der Waals surface area (Å²) < 4.78 is 0. The summed E-state index contributed by atoms with van der Waals surface area (Å²) in [6.45, 7) is 3.79. The molecule has 1 rings (SSSR count). The Labute approximate surface area is 129 Å². The van der Waals surface area contributed by atoms with E-state index in [1.165, 1.54) is 0 Å². The molecule has 1 aromatic rings. The van der Waals surface area contributed by atoms with Crippen LogP contribution in [0.3, 0.4) is 0 Å². The molecule has 22 heavy (non-hydrogen) atoms. The van der Waals surface area contributed by atoms with Gasteiger partial charge in [-0.05, 0) is 17.9 Å². The van der Waals surface area contributed by atoms with E-state index in [1.54, 1.807) is 30.3 Å². The first-order valence-corrected chi connectivity index (χ1v) is 7.24. The first kappa shape index (κ1) is 17.7. The zero-order valence-corrected chi connectivity index (χ0v) is 12.8. The van der Waals surface area contributed by atoms with E-state index in [0.717, 1.165) is 6.42 Å². The Balaban J connectivity index is 2.48. The maximum Gasteiger partial charge on any atom is 0.330 e. The van der Waals surface area contributed by atoms with Crippen LogP contribution in [0.25, 0.3) is 0 Å². The van der Waals surface area contributed by atoms with Gasteiger partial charge in [-0.3, -0.25) is 9.59 Å². The van der Waals surface area contributed by atoms with Crippen molar-refractivity contribution in [2.75, 3.05) is 6.54 Å². The van der Waals surface area contributed by atoms with Crippen LogP contribution in [0.15, 0.2) is 30.3 Å². The first-order valence-electron chi connectivity index (χ1n) is 7.24. The third kappa shape index (κ3) is 6.39. The number of carbonyl (C=O) groups is 3. The molecule has 0 aliphatic rings. The highest BCUT2D eigenvalue weighted by atomic mass is 16.4. The molecule has 0 heterocycles. The quantitative estimate of drug-likeness (QED) is 0.678. The third-order valence-corrected chi connectivity index (χ3v) is 3.08. The fourth-order valence-corrected chi connectivity index (χ4v) is 1.83. The lowest BCUT2D eigenvalue weighted by Gasteiger charge is -2.15. The van der Waals surface area contributed by atoms with E-state index in [9.17, 15) is 19.5 Å². The van der Waals surface area contributed by atoms with Gasteiger partial charge in [0.25, 0.3) is 0 Å². The summed E-state index contributed by atoms with van der Waals surface area (Å²) in [6.07, 6.45) is 1.10. The smallest absolute Gasteiger partial charge is 0.330 e. The summed E-state index contributed by atoms with van der Waals surface area (Å²) >= 11 is 0. The van der Waals surface area contributed by atoms with Gasteiger partial charge in [-0.2, -0.15) is 0 Å². The minimum atomic E-state index is -1.15. The fourth-order valence-electron chi connectivity index (χ4n) is 1.83. The summed E-state index contributed by atoms with van der Waals surface area (Å²) in [4.78, 5) is 34.6. The van der Waals surface area contributed by atoms with Crippen LogP contribution in [0.2, 0.25) is 0 Å². The Bertz CT molecular complexity index is 514. The third-order valence-electron chi connectivity index (χ3n) is 3.08. The van der Waals surface area contributed by atoms with E-state index in [2.05, 4.69) is 10.6 Å². The number of rotatable bonds is 8. The van der Waals surface area contributed by atoms with Crippen LogP contribution < -0.4 is 10.6 Å². The molecule has 2 amide bonds. The Hall–Kier alpha value is -2.37. The van der Waals surface area contributed by atoms with E-state index < -0.39 is 17.9 Å². The van der Waals surface area contributed by atoms with Crippen molar-refractivity contribution < 1.29 is 19.5 Å². The zero-order valence-electron chi connectivity index (χ0n) is 12.8. The summed E-state index contributed by atoms with van der Waals surface area (Å²) in [7, 11) is 0. The number of hydrogen-bond acceptors (Lipinski definition) is 3. The van der Waals surface area contributed by atoms with Gasteiger partial charge in [0.05, 0.1) is 6.54 Å². The van der Waals surface area contributed by atoms with Crippen molar-refractivity contribution >= 4 is 17.8 Å². The first-order chi connectivity index (χ1) is 10.4. The van der Waals surface area contributed by atoms with Crippen molar-refractivity contribution in [3.8, 4) is 0 Å². The van der Waals surface area contributed by atoms with E-state index in [4.69, 9.17) is 0 Å². The summed E-state index contributed by atoms with van der Waals surface area (Å²) in [6, 6.07) is 7.29. The zero-order chi connectivity index (χ0) is 16.5. The minimum Gasteiger partial charge on any atom is -0.479 e. The van der Waals surface area contributed by atoms with Crippen molar-refractivity contribution in [1.82, 2.24) is 10.6 Å². The fraction of sp³-hybridized carbons (Fsp3) is 0.438. The van der Waals surface area contributed by atoms with Gasteiger partial charge in [0.1, 0.15) is 0 Å². The van der Waals surface area contributed by atoms with Gasteiger partial charge in [-0.15, -0.1) is 0 Å². The molecule has 120 valence electrons. The lowest BCUT2D eigenvalue weighted by Crippen LogP contribution is -2.41. The van der Waals surface area contributed by atoms with Crippen molar-refractivity contribution in [2.24, 2.45) is 5.92 Å². The molecule has 0 aliphatic heterocycles. The number of carboxylic acid groups (broad SMARTS) is 1. The predicted octanol–water partition coefficient (Wildman–Crippen LogP) is 1.48. The highest BCUT2D eigenvalue weighted by Gasteiger charge is 2.21. The molecular weight excluding hydrogens is 284 g/mol. The second kappa shape index (κ2) is 8.81. The normalized spacial score (nSPS) is 11.8. The van der Waals surface area contributed by atoms with Crippen molar-refractivity contribution in [3.05, 3.63) is 35.9 Å². The molecule has 0 fully saturated rings. The molecule has 1 atom stereocenters. The Kier molecular flexibility index (Phi) is 7.08. The number of carboxylic acids is 1. The van der Waals surface area contributed by atoms with Gasteiger partial charge in [-0.1, -0.05) is 44.2 Å². The molecule has 0 saturated carbocycles. The molecule has 1 aromatic carbocycles. The standard InChI is InChI=1S/C16H22N2O4/c1-11(2)8-9-13(19)17-10-14(20)18-15(16(21)22)12-6-4-3-5-7-12/h3-7,11,15H,8-10H2,1-2H3,(H,17,19)(H,18,20)(H,21,22)/t15-/m0/s1. The van der Waals surface area contributed by atoms with Gasteiger partial charge in [0.15, 0.2) is 6.04 Å². The van der Waals surface area contributed by atoms with Crippen LogP contribution in [-0.2, 0) is 14.4 Å². The molecule has 0 aromatic heterocycles. The number of carbonyl (C=O) groups excluding carboxylic acids is 2. The molecule has 0 radical (unpaired) electrons. The van der Waals surface area contributed by atoms with Crippen LogP contribution in [0.5, 0.6) is 0 Å². The Morgan fingerprint density at radius 3 is 2.27 bits per heavy atom. The molecule has 3 N–H and O–H groups in total. The molecule has 6 nitrogen and oxygen atoms in total. The average Bonchev–Trinajstić information content (AvgIpc) is 2.49. The number of benzene rings is 1. The van der Waals surface area contributed by atoms with Gasteiger partial charge >= 0.3 is 5.97 Å². The van der Waals surface area contributed by atoms with E-state index >= 15 is 0 Å². The van der Waals surface area contributed by atoms with Crippen molar-refractivity contribution in [1.29, 1.82) is 0 Å². The minimum absolute atomic E-state index is 0.213. The molecule has 0 spiro atoms. The Morgan fingerprint density at radius 1 is 1.09 bits per heavy atom. The number of aliphatic carboxylic acids is 1. The number of amides is 2. The SMILES string of the molecule is CC(C)CCC(=O)NCC(=O)N[C@H](C(=O)O)c1ccccc1. The highest BCUT2D eigenvalue weighted by molar-refractivity contribution is 5.88. The van der Waals surface area contributed by atoms with Crippen molar-refractivity contribution in [2.45, 2.75) is 32.7 Å². The maximum absolute atomic E-state index is 11.8. The second-order valence-corrected chi connectivity index (χ2v) is 5.46. The summed E-state index contributed by atoms with van der Waals surface area (Å²) in [5.74, 6) is -1.48. The highest BCUT2D eigenvalue weighted by Crippen LogP contribution is 2.12. The largest absolute Gasteiger partial charge is 0.479 e. The summed E-state index contributed by atoms with van der Waals surface area (Å²) in [5.41, 5.74) is 0.481. The lowest BCUT2D eigenvalue weighted by atomic mass is 10.1. The van der Waals surface area contributed by atoms with E-state index in [0.29, 0.717) is 17.9 Å². The summed E-state index contributed by atoms with van der Waals surface area (Å²) in [5, 5.41) is 14.1. The number of hydrogen-bond donors (Lipinski definition) is 3. The van der Waals surface area contributed by atoms with E-state index in [-0.39, 0.29) is 12.5 Å². The molecular formula is C16H22N2O4. The average molecular weight is 306 g/mol. The van der Waals surface area contributed by atoms with Crippen LogP contribution in [0.1, 0.15) is 38.3 Å². The van der Waals surface area contributed by atoms with Crippen LogP contribution in [0, 0.1) is 5.92 Å². The monoisotopic (exact) mass is 306 g/mol. The van der Waals surface area contributed by atoms with E-state index in [1.807, 2.05) is 13.8 Å². The van der Waals surface area contributed by atoms with Crippen molar-refractivity contribution in [3.63, 3.8) is 0 Å². The van der Waals surface area contributed by atoms with Crippen LogP contribution in [0.4, 0.5) is 0 Å². The molecule has 0 bridgehead atoms. The van der Waals surface area contributed by atoms with Crippen LogP contribution >= 0.6 is 0 Å². The van der Waals surface area contributed by atoms with Gasteiger partial charge < -0.3 is 15.7 Å². The van der Waals surface area contributed by atoms with Gasteiger partial charge in [0, 0.05) is 6.42 Å². The lowest BCUT2D eigenvalue weighted by molar-refractivity contribution is -0.141. The Morgan fingerprint density at radius 2 is 1.73 bits per heavy atom. The maximum atomic E-state index is 11.8. The molecule has 6 heteroatoms. The number of nitrogens with one attached hydrogen (secondary N) is 2. The predicted molar refractivity (Wildman–Crippen MR) is 82.0 cm³/mol.